The quantitative estimate of drug-likeness (QED) is 0.791. The third kappa shape index (κ3) is 4.04. The summed E-state index contributed by atoms with van der Waals surface area (Å²) in [7, 11) is -3.33. The molecule has 1 aliphatic heterocycles. The van der Waals surface area contributed by atoms with E-state index in [0.29, 0.717) is 18.0 Å². The van der Waals surface area contributed by atoms with E-state index in [4.69, 9.17) is 10.00 Å². The van der Waals surface area contributed by atoms with Crippen molar-refractivity contribution in [3.63, 3.8) is 0 Å². The molecule has 1 aliphatic rings. The highest BCUT2D eigenvalue weighted by Crippen LogP contribution is 2.13. The lowest BCUT2D eigenvalue weighted by atomic mass is 10.1. The van der Waals surface area contributed by atoms with Crippen molar-refractivity contribution in [1.82, 2.24) is 5.32 Å². The number of sulfone groups is 1. The normalized spacial score (nSPS) is 18.9. The molecule has 1 heterocycles. The summed E-state index contributed by atoms with van der Waals surface area (Å²) in [5.74, 6) is 0.523. The summed E-state index contributed by atoms with van der Waals surface area (Å²) < 4.78 is 29.5. The number of hydrogen-bond donors (Lipinski definition) is 1. The molecule has 5 nitrogen and oxygen atoms in total. The Balaban J connectivity index is 1.85. The third-order valence-electron chi connectivity index (χ3n) is 3.33. The fraction of sp³-hybridized carbons (Fsp3) is 0.500. The maximum atomic E-state index is 12.1. The molecular formula is C14H18N2O3S. The van der Waals surface area contributed by atoms with Gasteiger partial charge in [-0.05, 0) is 30.5 Å². The Kier molecular flexibility index (Phi) is 5.12. The number of nitriles is 1. The van der Waals surface area contributed by atoms with Crippen LogP contribution < -0.4 is 5.32 Å². The summed E-state index contributed by atoms with van der Waals surface area (Å²) in [5, 5.41) is 12.0. The van der Waals surface area contributed by atoms with E-state index in [1.54, 1.807) is 12.1 Å². The molecule has 1 aromatic carbocycles. The van der Waals surface area contributed by atoms with E-state index in [1.807, 2.05) is 6.07 Å². The molecule has 1 unspecified atom stereocenters. The highest BCUT2D eigenvalue weighted by molar-refractivity contribution is 7.91. The summed E-state index contributed by atoms with van der Waals surface area (Å²) in [6, 6.07) is 8.08. The summed E-state index contributed by atoms with van der Waals surface area (Å²) in [6.07, 6.45) is 1.03. The van der Waals surface area contributed by atoms with Crippen LogP contribution in [-0.4, -0.2) is 40.5 Å². The maximum Gasteiger partial charge on any atom is 0.179 e. The van der Waals surface area contributed by atoms with Gasteiger partial charge in [0.2, 0.25) is 0 Å². The average molecular weight is 294 g/mol. The molecule has 20 heavy (non-hydrogen) atoms. The predicted molar refractivity (Wildman–Crippen MR) is 75.0 cm³/mol. The molecule has 1 saturated heterocycles. The van der Waals surface area contributed by atoms with Crippen LogP contribution in [0.1, 0.15) is 12.0 Å². The highest BCUT2D eigenvalue weighted by atomic mass is 32.2. The van der Waals surface area contributed by atoms with Gasteiger partial charge in [-0.1, -0.05) is 6.07 Å². The van der Waals surface area contributed by atoms with Gasteiger partial charge in [-0.2, -0.15) is 5.26 Å². The van der Waals surface area contributed by atoms with E-state index in [0.717, 1.165) is 26.2 Å². The zero-order valence-electron chi connectivity index (χ0n) is 11.2. The lowest BCUT2D eigenvalue weighted by Gasteiger charge is -2.09. The van der Waals surface area contributed by atoms with Gasteiger partial charge < -0.3 is 10.1 Å². The number of rotatable bonds is 6. The fourth-order valence-corrected chi connectivity index (χ4v) is 3.38. The summed E-state index contributed by atoms with van der Waals surface area (Å²) in [4.78, 5) is 0.211. The van der Waals surface area contributed by atoms with Gasteiger partial charge in [0.15, 0.2) is 9.84 Å². The van der Waals surface area contributed by atoms with E-state index >= 15 is 0 Å². The second-order valence-corrected chi connectivity index (χ2v) is 7.00. The molecule has 0 spiro atoms. The lowest BCUT2D eigenvalue weighted by Crippen LogP contribution is -2.28. The SMILES string of the molecule is N#Cc1cccc(S(=O)(=O)CCNCC2CCOC2)c1. The van der Waals surface area contributed by atoms with E-state index in [-0.39, 0.29) is 10.6 Å². The van der Waals surface area contributed by atoms with Gasteiger partial charge in [0, 0.05) is 19.7 Å². The molecule has 0 amide bonds. The second kappa shape index (κ2) is 6.84. The van der Waals surface area contributed by atoms with Crippen molar-refractivity contribution in [1.29, 1.82) is 5.26 Å². The lowest BCUT2D eigenvalue weighted by molar-refractivity contribution is 0.185. The van der Waals surface area contributed by atoms with Crippen molar-refractivity contribution >= 4 is 9.84 Å². The van der Waals surface area contributed by atoms with Gasteiger partial charge in [-0.3, -0.25) is 0 Å². The third-order valence-corrected chi connectivity index (χ3v) is 5.04. The first-order valence-electron chi connectivity index (χ1n) is 6.63. The van der Waals surface area contributed by atoms with Crippen molar-refractivity contribution < 1.29 is 13.2 Å². The van der Waals surface area contributed by atoms with Gasteiger partial charge in [-0.25, -0.2) is 8.42 Å². The summed E-state index contributed by atoms with van der Waals surface area (Å²) in [5.41, 5.74) is 0.363. The van der Waals surface area contributed by atoms with Crippen LogP contribution in [0.15, 0.2) is 29.2 Å². The van der Waals surface area contributed by atoms with Gasteiger partial charge in [0.05, 0.1) is 28.9 Å². The Labute approximate surface area is 119 Å². The second-order valence-electron chi connectivity index (χ2n) is 4.89. The smallest absolute Gasteiger partial charge is 0.179 e. The van der Waals surface area contributed by atoms with Crippen molar-refractivity contribution in [2.24, 2.45) is 5.92 Å². The minimum atomic E-state index is -3.33. The van der Waals surface area contributed by atoms with Crippen molar-refractivity contribution in [2.45, 2.75) is 11.3 Å². The van der Waals surface area contributed by atoms with Crippen LogP contribution in [0.3, 0.4) is 0 Å². The van der Waals surface area contributed by atoms with E-state index in [1.165, 1.54) is 12.1 Å². The number of nitrogens with one attached hydrogen (secondary N) is 1. The minimum absolute atomic E-state index is 0.0372. The molecule has 0 aliphatic carbocycles. The van der Waals surface area contributed by atoms with E-state index in [2.05, 4.69) is 5.32 Å². The zero-order chi connectivity index (χ0) is 14.4. The van der Waals surface area contributed by atoms with Crippen LogP contribution >= 0.6 is 0 Å². The molecule has 1 atom stereocenters. The Morgan fingerprint density at radius 3 is 3.00 bits per heavy atom. The molecule has 1 aromatic rings. The first-order chi connectivity index (χ1) is 9.62. The van der Waals surface area contributed by atoms with Crippen molar-refractivity contribution in [3.05, 3.63) is 29.8 Å². The van der Waals surface area contributed by atoms with Crippen LogP contribution in [-0.2, 0) is 14.6 Å². The van der Waals surface area contributed by atoms with Crippen LogP contribution in [0.2, 0.25) is 0 Å². The molecule has 108 valence electrons. The number of benzene rings is 1. The Bertz CT molecular complexity index is 587. The standard InChI is InChI=1S/C14H18N2O3S/c15-9-12-2-1-3-14(8-12)20(17,18)7-5-16-10-13-4-6-19-11-13/h1-3,8,13,16H,4-7,10-11H2. The largest absolute Gasteiger partial charge is 0.381 e. The first-order valence-corrected chi connectivity index (χ1v) is 8.28. The van der Waals surface area contributed by atoms with Gasteiger partial charge in [0.1, 0.15) is 0 Å². The molecule has 2 rings (SSSR count). The molecule has 0 radical (unpaired) electrons. The number of nitrogens with zero attached hydrogens (tertiary/aromatic N) is 1. The zero-order valence-corrected chi connectivity index (χ0v) is 12.0. The molecule has 0 saturated carbocycles. The van der Waals surface area contributed by atoms with Gasteiger partial charge in [-0.15, -0.1) is 0 Å². The Morgan fingerprint density at radius 1 is 1.45 bits per heavy atom. The monoisotopic (exact) mass is 294 g/mol. The van der Waals surface area contributed by atoms with Crippen LogP contribution in [0.4, 0.5) is 0 Å². The molecule has 0 aromatic heterocycles. The first kappa shape index (κ1) is 15.0. The van der Waals surface area contributed by atoms with Gasteiger partial charge >= 0.3 is 0 Å². The van der Waals surface area contributed by atoms with Crippen LogP contribution in [0, 0.1) is 17.2 Å². The summed E-state index contributed by atoms with van der Waals surface area (Å²) >= 11 is 0. The average Bonchev–Trinajstić information content (AvgIpc) is 2.97. The summed E-state index contributed by atoms with van der Waals surface area (Å²) in [6.45, 7) is 2.75. The number of hydrogen-bond acceptors (Lipinski definition) is 5. The topological polar surface area (TPSA) is 79.2 Å². The van der Waals surface area contributed by atoms with Crippen LogP contribution in [0.5, 0.6) is 0 Å². The van der Waals surface area contributed by atoms with E-state index in [9.17, 15) is 8.42 Å². The molecule has 1 fully saturated rings. The Morgan fingerprint density at radius 2 is 2.30 bits per heavy atom. The minimum Gasteiger partial charge on any atom is -0.381 e. The molecule has 1 N–H and O–H groups in total. The van der Waals surface area contributed by atoms with Gasteiger partial charge in [0.25, 0.3) is 0 Å². The predicted octanol–water partition coefficient (Wildman–Crippen LogP) is 0.958. The van der Waals surface area contributed by atoms with E-state index < -0.39 is 9.84 Å². The van der Waals surface area contributed by atoms with Crippen molar-refractivity contribution in [2.75, 3.05) is 32.1 Å². The molecular weight excluding hydrogens is 276 g/mol. The van der Waals surface area contributed by atoms with Crippen molar-refractivity contribution in [3.8, 4) is 6.07 Å². The van der Waals surface area contributed by atoms with Crippen LogP contribution in [0.25, 0.3) is 0 Å². The molecule has 6 heteroatoms. The fourth-order valence-electron chi connectivity index (χ4n) is 2.13. The maximum absolute atomic E-state index is 12.1. The number of ether oxygens (including phenoxy) is 1. The molecule has 0 bridgehead atoms. The Hall–Kier alpha value is -1.42. The highest BCUT2D eigenvalue weighted by Gasteiger charge is 2.17.